The zero-order valence-electron chi connectivity index (χ0n) is 17.6. The van der Waals surface area contributed by atoms with Crippen LogP contribution < -0.4 is 14.8 Å². The molecule has 0 atom stereocenters. The molecular weight excluding hydrogens is 366 g/mol. The molecule has 2 aromatic carbocycles. The third-order valence-electron chi connectivity index (χ3n) is 5.21. The van der Waals surface area contributed by atoms with Crippen molar-refractivity contribution in [3.63, 3.8) is 0 Å². The highest BCUT2D eigenvalue weighted by Gasteiger charge is 2.15. The molecule has 1 N–H and O–H groups in total. The summed E-state index contributed by atoms with van der Waals surface area (Å²) in [6.07, 6.45) is 0. The number of amides is 2. The quantitative estimate of drug-likeness (QED) is 0.739. The van der Waals surface area contributed by atoms with E-state index in [0.717, 1.165) is 42.3 Å². The summed E-state index contributed by atoms with van der Waals surface area (Å²) in [5.41, 5.74) is 3.42. The van der Waals surface area contributed by atoms with E-state index in [4.69, 9.17) is 9.47 Å². The van der Waals surface area contributed by atoms with Crippen LogP contribution in [0.1, 0.15) is 30.5 Å². The lowest BCUT2D eigenvalue weighted by Gasteiger charge is -2.22. The lowest BCUT2D eigenvalue weighted by atomic mass is 10.1. The molecule has 2 amide bonds. The molecule has 1 heterocycles. The molecule has 0 spiro atoms. The van der Waals surface area contributed by atoms with Crippen molar-refractivity contribution >= 4 is 6.03 Å². The van der Waals surface area contributed by atoms with E-state index in [0.29, 0.717) is 26.3 Å². The zero-order valence-corrected chi connectivity index (χ0v) is 17.6. The molecule has 0 bridgehead atoms. The Morgan fingerprint density at radius 1 is 0.966 bits per heavy atom. The Kier molecular flexibility index (Phi) is 7.36. The minimum Gasteiger partial charge on any atom is -0.486 e. The van der Waals surface area contributed by atoms with E-state index in [1.165, 1.54) is 5.56 Å². The molecule has 2 aromatic rings. The number of carbonyl (C=O) groups is 1. The number of hydrogen-bond donors (Lipinski definition) is 1. The second-order valence-corrected chi connectivity index (χ2v) is 7.22. The third-order valence-corrected chi connectivity index (χ3v) is 5.21. The Morgan fingerprint density at radius 2 is 1.66 bits per heavy atom. The summed E-state index contributed by atoms with van der Waals surface area (Å²) in [7, 11) is 1.80. The van der Waals surface area contributed by atoms with Crippen LogP contribution in [0.4, 0.5) is 4.79 Å². The minimum absolute atomic E-state index is 0.0995. The zero-order chi connectivity index (χ0) is 20.6. The van der Waals surface area contributed by atoms with Crippen LogP contribution in [0.2, 0.25) is 0 Å². The maximum Gasteiger partial charge on any atom is 0.317 e. The van der Waals surface area contributed by atoms with E-state index in [2.05, 4.69) is 42.3 Å². The van der Waals surface area contributed by atoms with Gasteiger partial charge in [0.15, 0.2) is 11.5 Å². The lowest BCUT2D eigenvalue weighted by Crippen LogP contribution is -2.36. The number of carbonyl (C=O) groups excluding carboxylic acids is 1. The van der Waals surface area contributed by atoms with Crippen LogP contribution in [0.5, 0.6) is 11.5 Å². The molecule has 0 aromatic heterocycles. The Bertz CT molecular complexity index is 821. The molecule has 0 unspecified atom stereocenters. The molecule has 6 heteroatoms. The average molecular weight is 398 g/mol. The molecule has 1 aliphatic heterocycles. The first-order chi connectivity index (χ1) is 14.1. The van der Waals surface area contributed by atoms with Crippen molar-refractivity contribution in [3.05, 3.63) is 59.2 Å². The van der Waals surface area contributed by atoms with E-state index in [9.17, 15) is 4.79 Å². The second kappa shape index (κ2) is 10.2. The first-order valence-corrected chi connectivity index (χ1v) is 10.3. The highest BCUT2D eigenvalue weighted by Crippen LogP contribution is 2.31. The van der Waals surface area contributed by atoms with Gasteiger partial charge in [-0.2, -0.15) is 0 Å². The van der Waals surface area contributed by atoms with Gasteiger partial charge in [-0.15, -0.1) is 0 Å². The first-order valence-electron chi connectivity index (χ1n) is 10.3. The Morgan fingerprint density at radius 3 is 2.38 bits per heavy atom. The standard InChI is InChI=1S/C23H31N3O3/c1-4-26(5-2)17-20-9-7-6-8-19(20)15-24-23(27)25(3)16-18-10-11-21-22(14-18)29-13-12-28-21/h6-11,14H,4-5,12-13,15-17H2,1-3H3,(H,24,27). The van der Waals surface area contributed by atoms with Crippen molar-refractivity contribution < 1.29 is 14.3 Å². The number of nitrogens with zero attached hydrogens (tertiary/aromatic N) is 2. The number of benzene rings is 2. The minimum atomic E-state index is -0.0995. The summed E-state index contributed by atoms with van der Waals surface area (Å²) in [5, 5.41) is 3.04. The molecular formula is C23H31N3O3. The van der Waals surface area contributed by atoms with Gasteiger partial charge < -0.3 is 19.7 Å². The van der Waals surface area contributed by atoms with Crippen LogP contribution in [-0.4, -0.2) is 49.2 Å². The van der Waals surface area contributed by atoms with Gasteiger partial charge in [-0.3, -0.25) is 4.90 Å². The van der Waals surface area contributed by atoms with Gasteiger partial charge >= 0.3 is 6.03 Å². The molecule has 1 aliphatic rings. The molecule has 0 saturated heterocycles. The fraction of sp³-hybridized carbons (Fsp3) is 0.435. The lowest BCUT2D eigenvalue weighted by molar-refractivity contribution is 0.171. The van der Waals surface area contributed by atoms with Crippen LogP contribution in [0, 0.1) is 0 Å². The van der Waals surface area contributed by atoms with Gasteiger partial charge in [0, 0.05) is 26.7 Å². The maximum atomic E-state index is 12.6. The third kappa shape index (κ3) is 5.64. The van der Waals surface area contributed by atoms with E-state index >= 15 is 0 Å². The van der Waals surface area contributed by atoms with Gasteiger partial charge in [-0.05, 0) is 41.9 Å². The predicted molar refractivity (Wildman–Crippen MR) is 114 cm³/mol. The fourth-order valence-electron chi connectivity index (χ4n) is 3.41. The van der Waals surface area contributed by atoms with Crippen molar-refractivity contribution in [2.24, 2.45) is 0 Å². The maximum absolute atomic E-state index is 12.6. The van der Waals surface area contributed by atoms with Gasteiger partial charge in [0.05, 0.1) is 0 Å². The van der Waals surface area contributed by atoms with E-state index in [-0.39, 0.29) is 6.03 Å². The normalized spacial score (nSPS) is 12.7. The summed E-state index contributed by atoms with van der Waals surface area (Å²) in [4.78, 5) is 16.7. The van der Waals surface area contributed by atoms with Crippen molar-refractivity contribution in [2.75, 3.05) is 33.4 Å². The van der Waals surface area contributed by atoms with E-state index in [1.807, 2.05) is 24.3 Å². The SMILES string of the molecule is CCN(CC)Cc1ccccc1CNC(=O)N(C)Cc1ccc2c(c1)OCCO2. The fourth-order valence-corrected chi connectivity index (χ4v) is 3.41. The monoisotopic (exact) mass is 397 g/mol. The van der Waals surface area contributed by atoms with Crippen molar-refractivity contribution in [1.29, 1.82) is 0 Å². The van der Waals surface area contributed by atoms with E-state index in [1.54, 1.807) is 11.9 Å². The van der Waals surface area contributed by atoms with Crippen LogP contribution in [0.25, 0.3) is 0 Å². The Balaban J connectivity index is 1.57. The molecule has 3 rings (SSSR count). The van der Waals surface area contributed by atoms with E-state index < -0.39 is 0 Å². The summed E-state index contributed by atoms with van der Waals surface area (Å²) < 4.78 is 11.2. The molecule has 6 nitrogen and oxygen atoms in total. The van der Waals surface area contributed by atoms with Crippen LogP contribution in [0.3, 0.4) is 0 Å². The van der Waals surface area contributed by atoms with Gasteiger partial charge in [0.25, 0.3) is 0 Å². The number of ether oxygens (including phenoxy) is 2. The number of hydrogen-bond acceptors (Lipinski definition) is 4. The van der Waals surface area contributed by atoms with Crippen LogP contribution in [0.15, 0.2) is 42.5 Å². The number of nitrogens with one attached hydrogen (secondary N) is 1. The molecule has 0 aliphatic carbocycles. The van der Waals surface area contributed by atoms with Gasteiger partial charge in [0.1, 0.15) is 13.2 Å². The van der Waals surface area contributed by atoms with Crippen LogP contribution in [-0.2, 0) is 19.6 Å². The number of urea groups is 1. The summed E-state index contributed by atoms with van der Waals surface area (Å²) in [5.74, 6) is 1.50. The first kappa shape index (κ1) is 21.0. The molecule has 156 valence electrons. The van der Waals surface area contributed by atoms with Crippen molar-refractivity contribution in [1.82, 2.24) is 15.1 Å². The van der Waals surface area contributed by atoms with Crippen molar-refractivity contribution in [2.45, 2.75) is 33.5 Å². The molecule has 29 heavy (non-hydrogen) atoms. The second-order valence-electron chi connectivity index (χ2n) is 7.22. The molecule has 0 radical (unpaired) electrons. The number of rotatable bonds is 8. The van der Waals surface area contributed by atoms with Gasteiger partial charge in [-0.1, -0.05) is 44.2 Å². The Hall–Kier alpha value is -2.73. The summed E-state index contributed by atoms with van der Waals surface area (Å²) in [6.45, 7) is 9.40. The molecule has 0 fully saturated rings. The van der Waals surface area contributed by atoms with Crippen molar-refractivity contribution in [3.8, 4) is 11.5 Å². The van der Waals surface area contributed by atoms with Crippen LogP contribution >= 0.6 is 0 Å². The highest BCUT2D eigenvalue weighted by molar-refractivity contribution is 5.74. The topological polar surface area (TPSA) is 54.0 Å². The molecule has 0 saturated carbocycles. The Labute approximate surface area is 173 Å². The summed E-state index contributed by atoms with van der Waals surface area (Å²) in [6, 6.07) is 14.0. The van der Waals surface area contributed by atoms with Gasteiger partial charge in [-0.25, -0.2) is 4.79 Å². The smallest absolute Gasteiger partial charge is 0.317 e. The van der Waals surface area contributed by atoms with Gasteiger partial charge in [0.2, 0.25) is 0 Å². The predicted octanol–water partition coefficient (Wildman–Crippen LogP) is 3.64. The number of fused-ring (bicyclic) bond motifs is 1. The average Bonchev–Trinajstić information content (AvgIpc) is 2.76. The largest absolute Gasteiger partial charge is 0.486 e. The highest BCUT2D eigenvalue weighted by atomic mass is 16.6. The summed E-state index contributed by atoms with van der Waals surface area (Å²) >= 11 is 0.